The van der Waals surface area contributed by atoms with E-state index in [4.69, 9.17) is 30.3 Å². The minimum Gasteiger partial charge on any atom is -0.483 e. The first-order chi connectivity index (χ1) is 14.7. The zero-order chi connectivity index (χ0) is 23.9. The largest absolute Gasteiger partial charge is 0.483 e. The summed E-state index contributed by atoms with van der Waals surface area (Å²) in [4.78, 5) is 13.0. The number of carbonyl (C=O) groups is 1. The molecule has 2 heterocycles. The molecule has 2 aliphatic rings. The van der Waals surface area contributed by atoms with Crippen molar-refractivity contribution in [3.8, 4) is 11.5 Å². The molecule has 1 aromatic rings. The molecule has 180 valence electrons. The van der Waals surface area contributed by atoms with Gasteiger partial charge in [-0.2, -0.15) is 4.08 Å². The maximum atomic E-state index is 13.0. The van der Waals surface area contributed by atoms with Crippen molar-refractivity contribution in [3.63, 3.8) is 0 Å². The Hall–Kier alpha value is -0.830. The van der Waals surface area contributed by atoms with Crippen LogP contribution < -0.4 is 9.47 Å². The Morgan fingerprint density at radius 2 is 1.88 bits per heavy atom. The molecule has 0 aromatic heterocycles. The van der Waals surface area contributed by atoms with Gasteiger partial charge in [0, 0.05) is 30.0 Å². The summed E-state index contributed by atoms with van der Waals surface area (Å²) in [6, 6.07) is 5.62. The molecule has 7 nitrogen and oxygen atoms in total. The number of para-hydroxylation sites is 1. The third-order valence-electron chi connectivity index (χ3n) is 5.55. The molecule has 1 amide bonds. The van der Waals surface area contributed by atoms with Crippen molar-refractivity contribution < 1.29 is 23.3 Å². The van der Waals surface area contributed by atoms with Gasteiger partial charge in [0.1, 0.15) is 5.60 Å². The van der Waals surface area contributed by atoms with Gasteiger partial charge in [-0.3, -0.25) is 0 Å². The summed E-state index contributed by atoms with van der Waals surface area (Å²) in [6.07, 6.45) is 1.05. The van der Waals surface area contributed by atoms with Crippen LogP contribution >= 0.6 is 18.8 Å². The van der Waals surface area contributed by atoms with E-state index in [2.05, 4.69) is 34.6 Å². The summed E-state index contributed by atoms with van der Waals surface area (Å²) in [6.45, 7) is 12.6. The maximum absolute atomic E-state index is 13.0. The lowest BCUT2D eigenvalue weighted by molar-refractivity contribution is 0.0437. The van der Waals surface area contributed by atoms with Gasteiger partial charge < -0.3 is 18.5 Å². The maximum Gasteiger partial charge on any atom is 0.426 e. The Morgan fingerprint density at radius 3 is 2.47 bits per heavy atom. The number of fused-ring (bicyclic) bond motifs is 1. The van der Waals surface area contributed by atoms with Crippen molar-refractivity contribution in [2.24, 2.45) is 5.41 Å². The second kappa shape index (κ2) is 9.08. The normalized spacial score (nSPS) is 21.0. The minimum atomic E-state index is -2.79. The average Bonchev–Trinajstić information content (AvgIpc) is 3.03. The Balaban J connectivity index is 1.76. The van der Waals surface area contributed by atoms with Crippen molar-refractivity contribution in [2.45, 2.75) is 72.4 Å². The van der Waals surface area contributed by atoms with Gasteiger partial charge in [0.15, 0.2) is 11.5 Å². The molecule has 0 saturated carbocycles. The molecule has 1 saturated heterocycles. The first-order valence-electron chi connectivity index (χ1n) is 10.8. The lowest BCUT2D eigenvalue weighted by Gasteiger charge is -2.47. The van der Waals surface area contributed by atoms with Gasteiger partial charge in [-0.15, -0.1) is 0 Å². The van der Waals surface area contributed by atoms with E-state index < -0.39 is 12.7 Å². The van der Waals surface area contributed by atoms with E-state index in [1.165, 1.54) is 16.4 Å². The van der Waals surface area contributed by atoms with Gasteiger partial charge in [0.05, 0.1) is 25.3 Å². The van der Waals surface area contributed by atoms with E-state index in [9.17, 15) is 4.79 Å². The average molecular weight is 503 g/mol. The summed E-state index contributed by atoms with van der Waals surface area (Å²) in [5, 5.41) is 0. The fourth-order valence-corrected chi connectivity index (χ4v) is 8.31. The van der Waals surface area contributed by atoms with Crippen LogP contribution in [0.3, 0.4) is 0 Å². The number of hydrogen-bond acceptors (Lipinski definition) is 7. The Morgan fingerprint density at radius 1 is 1.25 bits per heavy atom. The molecule has 0 radical (unpaired) electrons. The van der Waals surface area contributed by atoms with Crippen molar-refractivity contribution in [3.05, 3.63) is 23.8 Å². The van der Waals surface area contributed by atoms with Crippen LogP contribution in [-0.2, 0) is 27.3 Å². The topological polar surface area (TPSA) is 60.5 Å². The van der Waals surface area contributed by atoms with Crippen molar-refractivity contribution in [2.75, 3.05) is 20.3 Å². The lowest BCUT2D eigenvalue weighted by Crippen LogP contribution is -2.43. The van der Waals surface area contributed by atoms with Crippen LogP contribution in [0.5, 0.6) is 11.5 Å². The monoisotopic (exact) mass is 502 g/mol. The van der Waals surface area contributed by atoms with Gasteiger partial charge in [0.25, 0.3) is 6.64 Å². The molecule has 3 rings (SSSR count). The van der Waals surface area contributed by atoms with E-state index in [-0.39, 0.29) is 16.6 Å². The first kappa shape index (κ1) is 25.8. The quantitative estimate of drug-likeness (QED) is 0.338. The second-order valence-electron chi connectivity index (χ2n) is 10.3. The molecular formula is C22H35N2O5PS2. The third kappa shape index (κ3) is 5.62. The summed E-state index contributed by atoms with van der Waals surface area (Å²) in [5.41, 5.74) is 0.251. The van der Waals surface area contributed by atoms with E-state index in [0.29, 0.717) is 24.7 Å². The highest BCUT2D eigenvalue weighted by molar-refractivity contribution is 8.15. The van der Waals surface area contributed by atoms with Crippen molar-refractivity contribution in [1.29, 1.82) is 0 Å². The number of ether oxygens (including phenoxy) is 2. The molecule has 32 heavy (non-hydrogen) atoms. The van der Waals surface area contributed by atoms with Crippen LogP contribution in [0.2, 0.25) is 0 Å². The highest BCUT2D eigenvalue weighted by Crippen LogP contribution is 2.63. The van der Waals surface area contributed by atoms with E-state index in [1.54, 1.807) is 13.1 Å². The van der Waals surface area contributed by atoms with Gasteiger partial charge in [-0.25, -0.2) is 9.10 Å². The summed E-state index contributed by atoms with van der Waals surface area (Å²) < 4.78 is 27.4. The number of benzene rings is 1. The fourth-order valence-electron chi connectivity index (χ4n) is 3.29. The Kier molecular flexibility index (Phi) is 7.32. The van der Waals surface area contributed by atoms with Gasteiger partial charge in [-0.05, 0) is 52.0 Å². The van der Waals surface area contributed by atoms with E-state index in [1.807, 2.05) is 30.1 Å². The molecule has 0 spiro atoms. The highest BCUT2D eigenvalue weighted by atomic mass is 32.5. The predicted molar refractivity (Wildman–Crippen MR) is 132 cm³/mol. The highest BCUT2D eigenvalue weighted by Gasteiger charge is 2.45. The van der Waals surface area contributed by atoms with E-state index in [0.717, 1.165) is 18.4 Å². The molecule has 0 aliphatic carbocycles. The molecule has 0 N–H and O–H groups in total. The Labute approximate surface area is 201 Å². The van der Waals surface area contributed by atoms with Crippen molar-refractivity contribution >= 4 is 36.7 Å². The summed E-state index contributed by atoms with van der Waals surface area (Å²) >= 11 is 7.08. The SMILES string of the molecule is CCC(C)(C)N(SN(C)C(=O)Oc1cccc2c1OC(C)(C)C2)P1(=S)OCC(C)(C)CO1. The fraction of sp³-hybridized carbons (Fsp3) is 0.682. The third-order valence-corrected chi connectivity index (χ3v) is 10.8. The predicted octanol–water partition coefficient (Wildman–Crippen LogP) is 6.18. The standard InChI is InChI=1S/C22H35N2O5PS2/c1-9-21(4,5)24(30(31)26-14-20(2,3)15-27-30)32-23(8)19(25)28-17-12-10-11-16-13-22(6,7)29-18(16)17/h10-12H,9,13-15H2,1-8H3. The number of nitrogens with zero attached hydrogens (tertiary/aromatic N) is 2. The molecule has 0 atom stereocenters. The molecule has 0 unspecified atom stereocenters. The van der Waals surface area contributed by atoms with Gasteiger partial charge in [0.2, 0.25) is 0 Å². The van der Waals surface area contributed by atoms with Gasteiger partial charge >= 0.3 is 6.09 Å². The molecule has 2 aliphatic heterocycles. The number of amides is 1. The van der Waals surface area contributed by atoms with Crippen LogP contribution in [0.25, 0.3) is 0 Å². The number of rotatable bonds is 6. The van der Waals surface area contributed by atoms with Crippen LogP contribution in [0.4, 0.5) is 4.79 Å². The molecule has 1 aromatic carbocycles. The van der Waals surface area contributed by atoms with E-state index >= 15 is 0 Å². The van der Waals surface area contributed by atoms with Crippen LogP contribution in [0, 0.1) is 5.41 Å². The second-order valence-corrected chi connectivity index (χ2v) is 14.9. The molecule has 1 fully saturated rings. The summed E-state index contributed by atoms with van der Waals surface area (Å²) in [7, 11) is 1.66. The van der Waals surface area contributed by atoms with Crippen LogP contribution in [0.15, 0.2) is 18.2 Å². The minimum absolute atomic E-state index is 0.0959. The first-order valence-corrected chi connectivity index (χ1v) is 14.1. The Bertz CT molecular complexity index is 908. The van der Waals surface area contributed by atoms with Gasteiger partial charge in [-0.1, -0.05) is 32.9 Å². The molecule has 10 heteroatoms. The molecular weight excluding hydrogens is 467 g/mol. The van der Waals surface area contributed by atoms with Crippen molar-refractivity contribution in [1.82, 2.24) is 8.38 Å². The summed E-state index contributed by atoms with van der Waals surface area (Å²) in [5.74, 6) is 1.05. The number of hydrogen-bond donors (Lipinski definition) is 0. The van der Waals surface area contributed by atoms with Crippen LogP contribution in [-0.4, -0.2) is 45.9 Å². The number of carbonyl (C=O) groups excluding carboxylic acids is 1. The zero-order valence-electron chi connectivity index (χ0n) is 20.3. The molecule has 0 bridgehead atoms. The van der Waals surface area contributed by atoms with Crippen LogP contribution in [0.1, 0.15) is 60.5 Å². The zero-order valence-corrected chi connectivity index (χ0v) is 22.8. The smallest absolute Gasteiger partial charge is 0.426 e. The lowest BCUT2D eigenvalue weighted by atomic mass is 9.97.